The highest BCUT2D eigenvalue weighted by Crippen LogP contribution is 2.28. The lowest BCUT2D eigenvalue weighted by molar-refractivity contribution is 0.282. The molecule has 0 atom stereocenters. The second-order valence-electron chi connectivity index (χ2n) is 7.05. The van der Waals surface area contributed by atoms with Crippen molar-refractivity contribution in [2.24, 2.45) is 0 Å². The summed E-state index contributed by atoms with van der Waals surface area (Å²) in [5.41, 5.74) is 4.37. The van der Waals surface area contributed by atoms with Crippen LogP contribution in [0.3, 0.4) is 0 Å². The maximum absolute atomic E-state index is 9.43. The van der Waals surface area contributed by atoms with E-state index >= 15 is 0 Å². The standard InChI is InChI=1S/C25H20N4O2/c30-17-18-5-4-6-19(15-18)23-16-27-29-24(13-14-26-25(23)29)28-20-9-11-22(12-10-20)31-21-7-2-1-3-8-21/h1-16,28,30H,17H2. The van der Waals surface area contributed by atoms with E-state index in [2.05, 4.69) is 15.4 Å². The largest absolute Gasteiger partial charge is 0.457 e. The van der Waals surface area contributed by atoms with Gasteiger partial charge in [-0.15, -0.1) is 0 Å². The molecular weight excluding hydrogens is 388 g/mol. The van der Waals surface area contributed by atoms with E-state index in [9.17, 15) is 5.11 Å². The van der Waals surface area contributed by atoms with Gasteiger partial charge in [-0.2, -0.15) is 9.61 Å². The number of nitrogens with one attached hydrogen (secondary N) is 1. The molecule has 2 heterocycles. The SMILES string of the molecule is OCc1cccc(-c2cnn3c(Nc4ccc(Oc5ccccc5)cc4)ccnc23)c1. The monoisotopic (exact) mass is 408 g/mol. The molecule has 0 aliphatic rings. The Bertz CT molecular complexity index is 1310. The van der Waals surface area contributed by atoms with Crippen molar-refractivity contribution < 1.29 is 9.84 Å². The number of hydrogen-bond acceptors (Lipinski definition) is 5. The maximum Gasteiger partial charge on any atom is 0.165 e. The Hall–Kier alpha value is -4.16. The molecule has 2 aromatic heterocycles. The minimum absolute atomic E-state index is 0.00271. The van der Waals surface area contributed by atoms with Gasteiger partial charge in [-0.3, -0.25) is 0 Å². The molecule has 6 nitrogen and oxygen atoms in total. The molecule has 0 saturated heterocycles. The molecule has 152 valence electrons. The first-order valence-electron chi connectivity index (χ1n) is 9.93. The summed E-state index contributed by atoms with van der Waals surface area (Å²) >= 11 is 0. The number of aromatic nitrogens is 3. The third-order valence-electron chi connectivity index (χ3n) is 4.93. The van der Waals surface area contributed by atoms with Crippen LogP contribution in [0.2, 0.25) is 0 Å². The van der Waals surface area contributed by atoms with Gasteiger partial charge in [-0.05, 0) is 59.7 Å². The van der Waals surface area contributed by atoms with Gasteiger partial charge >= 0.3 is 0 Å². The van der Waals surface area contributed by atoms with E-state index in [0.29, 0.717) is 0 Å². The Morgan fingerprint density at radius 3 is 2.48 bits per heavy atom. The summed E-state index contributed by atoms with van der Waals surface area (Å²) in [5, 5.41) is 17.3. The molecule has 0 spiro atoms. The predicted molar refractivity (Wildman–Crippen MR) is 121 cm³/mol. The third kappa shape index (κ3) is 3.97. The Morgan fingerprint density at radius 1 is 0.871 bits per heavy atom. The predicted octanol–water partition coefficient (Wildman–Crippen LogP) is 5.42. The third-order valence-corrected chi connectivity index (χ3v) is 4.93. The first-order chi connectivity index (χ1) is 15.3. The number of benzene rings is 3. The zero-order valence-electron chi connectivity index (χ0n) is 16.6. The maximum atomic E-state index is 9.43. The smallest absolute Gasteiger partial charge is 0.165 e. The molecule has 5 aromatic rings. The minimum Gasteiger partial charge on any atom is -0.457 e. The summed E-state index contributed by atoms with van der Waals surface area (Å²) in [6.45, 7) is -0.00271. The molecule has 0 amide bonds. The van der Waals surface area contributed by atoms with Crippen LogP contribution >= 0.6 is 0 Å². The molecule has 6 heteroatoms. The highest BCUT2D eigenvalue weighted by molar-refractivity contribution is 5.78. The zero-order chi connectivity index (χ0) is 21.0. The number of fused-ring (bicyclic) bond motifs is 1. The lowest BCUT2D eigenvalue weighted by Gasteiger charge is -2.10. The van der Waals surface area contributed by atoms with Gasteiger partial charge in [-0.25, -0.2) is 4.98 Å². The number of nitrogens with zero attached hydrogens (tertiary/aromatic N) is 3. The summed E-state index contributed by atoms with van der Waals surface area (Å²) < 4.78 is 7.62. The summed E-state index contributed by atoms with van der Waals surface area (Å²) in [4.78, 5) is 4.51. The lowest BCUT2D eigenvalue weighted by atomic mass is 10.1. The molecule has 0 bridgehead atoms. The van der Waals surface area contributed by atoms with Crippen LogP contribution in [0, 0.1) is 0 Å². The van der Waals surface area contributed by atoms with Crippen LogP contribution < -0.4 is 10.1 Å². The fourth-order valence-corrected chi connectivity index (χ4v) is 3.41. The number of aliphatic hydroxyl groups is 1. The van der Waals surface area contributed by atoms with Gasteiger partial charge in [0.1, 0.15) is 17.3 Å². The normalized spacial score (nSPS) is 10.9. The molecule has 0 saturated carbocycles. The first kappa shape index (κ1) is 18.8. The van der Waals surface area contributed by atoms with Crippen molar-refractivity contribution in [1.29, 1.82) is 0 Å². The molecular formula is C25H20N4O2. The highest BCUT2D eigenvalue weighted by Gasteiger charge is 2.11. The molecule has 0 aliphatic heterocycles. The lowest BCUT2D eigenvalue weighted by Crippen LogP contribution is -2.00. The number of para-hydroxylation sites is 1. The first-order valence-corrected chi connectivity index (χ1v) is 9.93. The van der Waals surface area contributed by atoms with Crippen molar-refractivity contribution in [3.8, 4) is 22.6 Å². The average molecular weight is 408 g/mol. The minimum atomic E-state index is -0.00271. The molecule has 0 aliphatic carbocycles. The molecule has 31 heavy (non-hydrogen) atoms. The van der Waals surface area contributed by atoms with Gasteiger partial charge in [-0.1, -0.05) is 36.4 Å². The van der Waals surface area contributed by atoms with E-state index in [1.165, 1.54) is 0 Å². The van der Waals surface area contributed by atoms with Crippen molar-refractivity contribution in [2.75, 3.05) is 5.32 Å². The van der Waals surface area contributed by atoms with Crippen molar-refractivity contribution in [3.63, 3.8) is 0 Å². The van der Waals surface area contributed by atoms with Crippen LogP contribution in [0.4, 0.5) is 11.5 Å². The summed E-state index contributed by atoms with van der Waals surface area (Å²) in [5.74, 6) is 2.36. The number of aliphatic hydroxyl groups excluding tert-OH is 1. The molecule has 0 radical (unpaired) electrons. The molecule has 3 aromatic carbocycles. The van der Waals surface area contributed by atoms with Crippen molar-refractivity contribution >= 4 is 17.2 Å². The average Bonchev–Trinajstić information content (AvgIpc) is 3.26. The molecule has 0 unspecified atom stereocenters. The van der Waals surface area contributed by atoms with Gasteiger partial charge in [0.25, 0.3) is 0 Å². The van der Waals surface area contributed by atoms with E-state index in [4.69, 9.17) is 4.74 Å². The fraction of sp³-hybridized carbons (Fsp3) is 0.0400. The molecule has 2 N–H and O–H groups in total. The highest BCUT2D eigenvalue weighted by atomic mass is 16.5. The molecule has 0 fully saturated rings. The van der Waals surface area contributed by atoms with Gasteiger partial charge in [0.15, 0.2) is 5.65 Å². The van der Waals surface area contributed by atoms with Crippen molar-refractivity contribution in [2.45, 2.75) is 6.61 Å². The van der Waals surface area contributed by atoms with E-state index in [1.807, 2.05) is 84.9 Å². The Kier molecular flexibility index (Phi) is 5.04. The Labute approximate surface area is 179 Å². The fourth-order valence-electron chi connectivity index (χ4n) is 3.41. The van der Waals surface area contributed by atoms with Crippen molar-refractivity contribution in [1.82, 2.24) is 14.6 Å². The van der Waals surface area contributed by atoms with Gasteiger partial charge in [0.2, 0.25) is 0 Å². The van der Waals surface area contributed by atoms with Crippen LogP contribution in [0.5, 0.6) is 11.5 Å². The van der Waals surface area contributed by atoms with E-state index in [1.54, 1.807) is 16.9 Å². The van der Waals surface area contributed by atoms with Gasteiger partial charge in [0, 0.05) is 17.4 Å². The Morgan fingerprint density at radius 2 is 1.68 bits per heavy atom. The van der Waals surface area contributed by atoms with E-state index in [0.717, 1.165) is 45.3 Å². The summed E-state index contributed by atoms with van der Waals surface area (Å²) in [7, 11) is 0. The van der Waals surface area contributed by atoms with Crippen LogP contribution in [0.1, 0.15) is 5.56 Å². The van der Waals surface area contributed by atoms with Crippen LogP contribution in [0.15, 0.2) is 97.3 Å². The van der Waals surface area contributed by atoms with Crippen LogP contribution in [-0.2, 0) is 6.61 Å². The summed E-state index contributed by atoms with van der Waals surface area (Å²) in [6.07, 6.45) is 3.55. The van der Waals surface area contributed by atoms with Crippen LogP contribution in [0.25, 0.3) is 16.8 Å². The van der Waals surface area contributed by atoms with E-state index in [-0.39, 0.29) is 6.61 Å². The number of hydrogen-bond donors (Lipinski definition) is 2. The zero-order valence-corrected chi connectivity index (χ0v) is 16.6. The van der Waals surface area contributed by atoms with Crippen molar-refractivity contribution in [3.05, 3.63) is 103 Å². The number of ether oxygens (including phenoxy) is 1. The topological polar surface area (TPSA) is 71.7 Å². The number of rotatable bonds is 6. The summed E-state index contributed by atoms with van der Waals surface area (Å²) in [6, 6.07) is 27.1. The molecule has 5 rings (SSSR count). The Balaban J connectivity index is 1.40. The van der Waals surface area contributed by atoms with E-state index < -0.39 is 0 Å². The second-order valence-corrected chi connectivity index (χ2v) is 7.05. The van der Waals surface area contributed by atoms with Crippen LogP contribution in [-0.4, -0.2) is 19.7 Å². The van der Waals surface area contributed by atoms with Gasteiger partial charge in [0.05, 0.1) is 12.8 Å². The second kappa shape index (κ2) is 8.30. The van der Waals surface area contributed by atoms with Gasteiger partial charge < -0.3 is 15.2 Å². The quantitative estimate of drug-likeness (QED) is 0.392. The number of anilines is 2.